The van der Waals surface area contributed by atoms with E-state index in [2.05, 4.69) is 10.6 Å². The maximum atomic E-state index is 12.7. The molecule has 1 aromatic heterocycles. The zero-order valence-electron chi connectivity index (χ0n) is 15.7. The van der Waals surface area contributed by atoms with Crippen molar-refractivity contribution in [1.29, 1.82) is 0 Å². The van der Waals surface area contributed by atoms with Gasteiger partial charge in [-0.05, 0) is 48.7 Å². The first-order valence-corrected chi connectivity index (χ1v) is 9.64. The molecule has 0 aliphatic rings. The fourth-order valence-electron chi connectivity index (χ4n) is 2.74. The number of carbonyl (C=O) groups excluding carboxylic acids is 2. The minimum Gasteiger partial charge on any atom is -0.465 e. The molecule has 3 aromatic rings. The van der Waals surface area contributed by atoms with Crippen LogP contribution in [0.1, 0.15) is 28.1 Å². The van der Waals surface area contributed by atoms with Crippen molar-refractivity contribution in [2.24, 2.45) is 0 Å². The van der Waals surface area contributed by atoms with Crippen LogP contribution < -0.4 is 10.6 Å². The van der Waals surface area contributed by atoms with E-state index in [1.807, 2.05) is 30.3 Å². The van der Waals surface area contributed by atoms with Gasteiger partial charge in [0, 0.05) is 23.2 Å². The number of benzene rings is 2. The summed E-state index contributed by atoms with van der Waals surface area (Å²) in [5, 5.41) is 6.22. The van der Waals surface area contributed by atoms with Crippen LogP contribution in [-0.4, -0.2) is 18.4 Å². The lowest BCUT2D eigenvalue weighted by atomic mass is 10.1. The molecule has 0 bridgehead atoms. The molecule has 1 heterocycles. The quantitative estimate of drug-likeness (QED) is 0.427. The second-order valence-corrected chi connectivity index (χ2v) is 6.75. The first-order valence-electron chi connectivity index (χ1n) is 9.26. The summed E-state index contributed by atoms with van der Waals surface area (Å²) in [6.45, 7) is 0.445. The van der Waals surface area contributed by atoms with Gasteiger partial charge in [-0.15, -0.1) is 0 Å². The lowest BCUT2D eigenvalue weighted by Crippen LogP contribution is -2.35. The number of aryl methyl sites for hydroxylation is 1. The Morgan fingerprint density at radius 3 is 2.45 bits per heavy atom. The third-order valence-corrected chi connectivity index (χ3v) is 4.59. The van der Waals surface area contributed by atoms with E-state index in [9.17, 15) is 9.59 Å². The van der Waals surface area contributed by atoms with E-state index in [0.29, 0.717) is 22.9 Å². The third-order valence-electron chi connectivity index (χ3n) is 4.22. The molecule has 0 fully saturated rings. The molecule has 0 unspecified atom stereocenters. The monoisotopic (exact) mass is 408 g/mol. The van der Waals surface area contributed by atoms with Crippen molar-refractivity contribution in [3.63, 3.8) is 0 Å². The van der Waals surface area contributed by atoms with E-state index in [1.165, 1.54) is 12.3 Å². The maximum Gasteiger partial charge on any atom is 0.267 e. The number of furan rings is 1. The largest absolute Gasteiger partial charge is 0.465 e. The number of rotatable bonds is 8. The minimum absolute atomic E-state index is 0.117. The summed E-state index contributed by atoms with van der Waals surface area (Å²) < 4.78 is 5.28. The summed E-state index contributed by atoms with van der Waals surface area (Å²) in [5.74, 6) is -0.279. The molecule has 2 amide bonds. The molecule has 148 valence electrons. The second-order valence-electron chi connectivity index (χ2n) is 6.34. The standard InChI is InChI=1S/C23H21ClN2O3/c24-20-13-5-4-8-17(20)11-6-14-25-23(28)21(16-19-12-7-15-29-19)26-22(27)18-9-2-1-3-10-18/h1-5,7-10,12-13,15-16H,6,11,14H2,(H,25,28)(H,26,27)/b21-16-. The van der Waals surface area contributed by atoms with Crippen LogP contribution >= 0.6 is 11.6 Å². The van der Waals surface area contributed by atoms with Crippen molar-refractivity contribution in [1.82, 2.24) is 10.6 Å². The third kappa shape index (κ3) is 6.09. The van der Waals surface area contributed by atoms with Gasteiger partial charge in [0.2, 0.25) is 0 Å². The van der Waals surface area contributed by atoms with Crippen LogP contribution in [0.25, 0.3) is 6.08 Å². The maximum absolute atomic E-state index is 12.7. The molecular weight excluding hydrogens is 388 g/mol. The molecule has 0 spiro atoms. The fraction of sp³-hybridized carbons (Fsp3) is 0.130. The van der Waals surface area contributed by atoms with Crippen LogP contribution in [0.15, 0.2) is 83.1 Å². The summed E-state index contributed by atoms with van der Waals surface area (Å²) in [5.41, 5.74) is 1.61. The number of amides is 2. The lowest BCUT2D eigenvalue weighted by molar-refractivity contribution is -0.117. The molecule has 0 radical (unpaired) electrons. The van der Waals surface area contributed by atoms with E-state index >= 15 is 0 Å². The summed E-state index contributed by atoms with van der Waals surface area (Å²) in [7, 11) is 0. The molecule has 6 heteroatoms. The Bertz CT molecular complexity index is 982. The highest BCUT2D eigenvalue weighted by molar-refractivity contribution is 6.31. The predicted octanol–water partition coefficient (Wildman–Crippen LogP) is 4.45. The Kier molecular flexibility index (Phi) is 7.25. The molecule has 2 aromatic carbocycles. The summed E-state index contributed by atoms with van der Waals surface area (Å²) in [6.07, 6.45) is 4.47. The van der Waals surface area contributed by atoms with E-state index < -0.39 is 0 Å². The highest BCUT2D eigenvalue weighted by atomic mass is 35.5. The summed E-state index contributed by atoms with van der Waals surface area (Å²) in [6, 6.07) is 19.8. The molecule has 3 rings (SSSR count). The molecule has 0 saturated carbocycles. The first-order chi connectivity index (χ1) is 14.1. The van der Waals surface area contributed by atoms with Crippen LogP contribution in [0.5, 0.6) is 0 Å². The zero-order chi connectivity index (χ0) is 20.5. The number of nitrogens with one attached hydrogen (secondary N) is 2. The van der Waals surface area contributed by atoms with Crippen molar-refractivity contribution in [2.75, 3.05) is 6.54 Å². The van der Waals surface area contributed by atoms with Crippen molar-refractivity contribution in [3.05, 3.63) is 101 Å². The zero-order valence-corrected chi connectivity index (χ0v) is 16.5. The molecule has 5 nitrogen and oxygen atoms in total. The normalized spacial score (nSPS) is 11.1. The predicted molar refractivity (Wildman–Crippen MR) is 113 cm³/mol. The van der Waals surface area contributed by atoms with Crippen LogP contribution in [-0.2, 0) is 11.2 Å². The number of hydrogen-bond donors (Lipinski definition) is 2. The van der Waals surface area contributed by atoms with Gasteiger partial charge >= 0.3 is 0 Å². The summed E-state index contributed by atoms with van der Waals surface area (Å²) >= 11 is 6.16. The second kappa shape index (κ2) is 10.3. The summed E-state index contributed by atoms with van der Waals surface area (Å²) in [4.78, 5) is 25.1. The van der Waals surface area contributed by atoms with E-state index in [4.69, 9.17) is 16.0 Å². The van der Waals surface area contributed by atoms with E-state index in [0.717, 1.165) is 18.4 Å². The molecule has 2 N–H and O–H groups in total. The van der Waals surface area contributed by atoms with Gasteiger partial charge in [-0.2, -0.15) is 0 Å². The number of hydrogen-bond acceptors (Lipinski definition) is 3. The fourth-order valence-corrected chi connectivity index (χ4v) is 2.97. The number of carbonyl (C=O) groups is 2. The molecule has 29 heavy (non-hydrogen) atoms. The molecule has 0 atom stereocenters. The first kappa shape index (κ1) is 20.4. The van der Waals surface area contributed by atoms with Crippen LogP contribution in [0.3, 0.4) is 0 Å². The Morgan fingerprint density at radius 1 is 0.966 bits per heavy atom. The van der Waals surface area contributed by atoms with Gasteiger partial charge in [0.25, 0.3) is 11.8 Å². The van der Waals surface area contributed by atoms with E-state index in [-0.39, 0.29) is 17.5 Å². The topological polar surface area (TPSA) is 71.3 Å². The average Bonchev–Trinajstić information content (AvgIpc) is 3.25. The van der Waals surface area contributed by atoms with Gasteiger partial charge in [-0.1, -0.05) is 48.0 Å². The van der Waals surface area contributed by atoms with Crippen molar-refractivity contribution in [3.8, 4) is 0 Å². The highest BCUT2D eigenvalue weighted by Crippen LogP contribution is 2.16. The van der Waals surface area contributed by atoms with Gasteiger partial charge in [-0.25, -0.2) is 0 Å². The van der Waals surface area contributed by atoms with Gasteiger partial charge < -0.3 is 15.1 Å². The SMILES string of the molecule is O=C(NCCCc1ccccc1Cl)/C(=C/c1ccco1)NC(=O)c1ccccc1. The number of halogens is 1. The van der Waals surface area contributed by atoms with Crippen molar-refractivity contribution >= 4 is 29.5 Å². The molecular formula is C23H21ClN2O3. The van der Waals surface area contributed by atoms with Gasteiger partial charge in [-0.3, -0.25) is 9.59 Å². The van der Waals surface area contributed by atoms with Crippen LogP contribution in [0.2, 0.25) is 5.02 Å². The Morgan fingerprint density at radius 2 is 1.72 bits per heavy atom. The minimum atomic E-state index is -0.384. The van der Waals surface area contributed by atoms with Crippen molar-refractivity contribution in [2.45, 2.75) is 12.8 Å². The Labute approximate surface area is 174 Å². The molecule has 0 saturated heterocycles. The smallest absolute Gasteiger partial charge is 0.267 e. The Balaban J connectivity index is 1.62. The van der Waals surface area contributed by atoms with Crippen LogP contribution in [0, 0.1) is 0 Å². The molecule has 0 aliphatic carbocycles. The molecule has 0 aliphatic heterocycles. The Hall–Kier alpha value is -3.31. The van der Waals surface area contributed by atoms with Crippen molar-refractivity contribution < 1.29 is 14.0 Å². The van der Waals surface area contributed by atoms with E-state index in [1.54, 1.807) is 36.4 Å². The van der Waals surface area contributed by atoms with Gasteiger partial charge in [0.15, 0.2) is 0 Å². The van der Waals surface area contributed by atoms with Crippen LogP contribution in [0.4, 0.5) is 0 Å². The average molecular weight is 409 g/mol. The van der Waals surface area contributed by atoms with Gasteiger partial charge in [0.05, 0.1) is 6.26 Å². The lowest BCUT2D eigenvalue weighted by Gasteiger charge is -2.11. The van der Waals surface area contributed by atoms with Gasteiger partial charge in [0.1, 0.15) is 11.5 Å². The highest BCUT2D eigenvalue weighted by Gasteiger charge is 2.15.